The molecule has 0 bridgehead atoms. The molecular weight excluding hydrogens is 484 g/mol. The fourth-order valence-corrected chi connectivity index (χ4v) is 3.18. The second-order valence-electron chi connectivity index (χ2n) is 8.08. The Morgan fingerprint density at radius 2 is 0.833 bits per heavy atom. The summed E-state index contributed by atoms with van der Waals surface area (Å²) in [7, 11) is 4.00. The van der Waals surface area contributed by atoms with Crippen molar-refractivity contribution in [2.75, 3.05) is 54.9 Å². The second kappa shape index (κ2) is 29.0. The third-order valence-corrected chi connectivity index (χ3v) is 4.76. The van der Waals surface area contributed by atoms with Gasteiger partial charge in [0.15, 0.2) is 0 Å². The van der Waals surface area contributed by atoms with E-state index in [4.69, 9.17) is 55.1 Å². The minimum Gasteiger partial charge on any atom is -0.400 e. The molecule has 0 saturated carbocycles. The molecule has 3 aliphatic rings. The van der Waals surface area contributed by atoms with Crippen molar-refractivity contribution in [3.8, 4) is 0 Å². The average Bonchev–Trinajstić information content (AvgIpc) is 2.87. The summed E-state index contributed by atoms with van der Waals surface area (Å²) in [6, 6.07) is 0. The highest BCUT2D eigenvalue weighted by Gasteiger charge is 2.35. The van der Waals surface area contributed by atoms with Gasteiger partial charge in [-0.1, -0.05) is 13.8 Å². The normalized spacial score (nSPS) is 32.8. The van der Waals surface area contributed by atoms with Crippen LogP contribution in [0, 0.1) is 5.92 Å². The summed E-state index contributed by atoms with van der Waals surface area (Å²) in [6.07, 6.45) is -1.80. The van der Waals surface area contributed by atoms with Gasteiger partial charge in [0, 0.05) is 47.7 Å². The van der Waals surface area contributed by atoms with E-state index in [1.165, 1.54) is 0 Å². The van der Waals surface area contributed by atoms with E-state index in [0.717, 1.165) is 28.4 Å². The van der Waals surface area contributed by atoms with Crippen molar-refractivity contribution in [3.05, 3.63) is 0 Å². The van der Waals surface area contributed by atoms with Gasteiger partial charge in [0.25, 0.3) is 0 Å². The minimum atomic E-state index is -0.519. The Labute approximate surface area is 215 Å². The Kier molecular flexibility index (Phi) is 34.3. The molecule has 0 spiro atoms. The Bertz CT molecular complexity index is 381. The second-order valence-corrected chi connectivity index (χ2v) is 8.08. The van der Waals surface area contributed by atoms with Gasteiger partial charge in [0.1, 0.15) is 0 Å². The monoisotopic (exact) mass is 538 g/mol. The van der Waals surface area contributed by atoms with Gasteiger partial charge in [0.05, 0.1) is 75.3 Å². The van der Waals surface area contributed by atoms with E-state index in [1.807, 2.05) is 20.8 Å². The first-order valence-corrected chi connectivity index (χ1v) is 11.8. The van der Waals surface area contributed by atoms with E-state index >= 15 is 0 Å². The van der Waals surface area contributed by atoms with Crippen LogP contribution in [0.3, 0.4) is 0 Å². The van der Waals surface area contributed by atoms with E-state index in [0.29, 0.717) is 51.6 Å². The van der Waals surface area contributed by atoms with E-state index in [1.54, 1.807) is 0 Å². The third kappa shape index (κ3) is 22.7. The largest absolute Gasteiger partial charge is 0.400 e. The molecule has 13 heteroatoms. The summed E-state index contributed by atoms with van der Waals surface area (Å²) in [5, 5.41) is 82.1. The van der Waals surface area contributed by atoms with Crippen LogP contribution in [0.5, 0.6) is 0 Å². The smallest absolute Gasteiger partial charge is 0.0862 e. The molecule has 8 atom stereocenters. The molecule has 10 N–H and O–H groups in total. The van der Waals surface area contributed by atoms with Crippen LogP contribution in [-0.2, 0) is 14.2 Å². The van der Waals surface area contributed by atoms with Crippen LogP contribution in [0.15, 0.2) is 0 Å². The number of aliphatic hydroxyl groups is 10. The van der Waals surface area contributed by atoms with Crippen LogP contribution in [0.2, 0.25) is 0 Å². The van der Waals surface area contributed by atoms with Gasteiger partial charge >= 0.3 is 0 Å². The molecule has 3 aliphatic heterocycles. The molecule has 13 nitrogen and oxygen atoms in total. The molecule has 36 heavy (non-hydrogen) atoms. The predicted octanol–water partition coefficient (Wildman–Crippen LogP) is -2.77. The zero-order valence-corrected chi connectivity index (χ0v) is 22.8. The molecule has 0 aromatic carbocycles. The van der Waals surface area contributed by atoms with E-state index in [-0.39, 0.29) is 12.2 Å². The number of hydrogen-bond acceptors (Lipinski definition) is 13. The van der Waals surface area contributed by atoms with E-state index in [2.05, 4.69) is 0 Å². The van der Waals surface area contributed by atoms with Crippen LogP contribution in [-0.4, -0.2) is 155 Å². The molecule has 0 aromatic heterocycles. The molecule has 3 heterocycles. The lowest BCUT2D eigenvalue weighted by atomic mass is 9.92. The zero-order valence-electron chi connectivity index (χ0n) is 22.8. The minimum absolute atomic E-state index is 0.122. The van der Waals surface area contributed by atoms with Gasteiger partial charge in [-0.15, -0.1) is 0 Å². The SMILES string of the molecule is CC(C)C1OC(C)C(O)CC1O.CO.CO.CO.CO.OC1COCC(O)C1.OC1COCC(O)C1. The van der Waals surface area contributed by atoms with Gasteiger partial charge in [-0.3, -0.25) is 0 Å². The van der Waals surface area contributed by atoms with Crippen molar-refractivity contribution < 1.29 is 65.3 Å². The molecule has 3 saturated heterocycles. The summed E-state index contributed by atoms with van der Waals surface area (Å²) in [4.78, 5) is 0. The van der Waals surface area contributed by atoms with Gasteiger partial charge < -0.3 is 65.3 Å². The first kappa shape index (κ1) is 42.6. The Morgan fingerprint density at radius 1 is 0.528 bits per heavy atom. The lowest BCUT2D eigenvalue weighted by molar-refractivity contribution is -0.175. The lowest BCUT2D eigenvalue weighted by Crippen LogP contribution is -2.48. The highest BCUT2D eigenvalue weighted by Crippen LogP contribution is 2.24. The van der Waals surface area contributed by atoms with Gasteiger partial charge in [-0.2, -0.15) is 0 Å². The highest BCUT2D eigenvalue weighted by atomic mass is 16.5. The van der Waals surface area contributed by atoms with Crippen LogP contribution in [0.25, 0.3) is 0 Å². The Balaban J connectivity index is -0.000000190. The number of rotatable bonds is 1. The maximum atomic E-state index is 9.54. The van der Waals surface area contributed by atoms with Gasteiger partial charge in [0.2, 0.25) is 0 Å². The molecule has 3 fully saturated rings. The summed E-state index contributed by atoms with van der Waals surface area (Å²) in [6.45, 7) is 7.35. The quantitative estimate of drug-likeness (QED) is 0.163. The molecule has 0 amide bonds. The molecule has 224 valence electrons. The van der Waals surface area contributed by atoms with Gasteiger partial charge in [-0.05, 0) is 12.8 Å². The molecule has 0 radical (unpaired) electrons. The van der Waals surface area contributed by atoms with Crippen LogP contribution >= 0.6 is 0 Å². The van der Waals surface area contributed by atoms with Crippen molar-refractivity contribution in [2.45, 2.75) is 88.9 Å². The van der Waals surface area contributed by atoms with Crippen LogP contribution < -0.4 is 0 Å². The summed E-state index contributed by atoms with van der Waals surface area (Å²) in [5.41, 5.74) is 0. The average molecular weight is 539 g/mol. The molecule has 8 unspecified atom stereocenters. The van der Waals surface area contributed by atoms with Crippen LogP contribution in [0.1, 0.15) is 40.0 Å². The Hall–Kier alpha value is -0.520. The first-order chi connectivity index (χ1) is 17.1. The van der Waals surface area contributed by atoms with Crippen molar-refractivity contribution in [1.82, 2.24) is 0 Å². The van der Waals surface area contributed by atoms with E-state index in [9.17, 15) is 10.2 Å². The van der Waals surface area contributed by atoms with Crippen molar-refractivity contribution in [3.63, 3.8) is 0 Å². The topological polar surface area (TPSA) is 230 Å². The van der Waals surface area contributed by atoms with Gasteiger partial charge in [-0.25, -0.2) is 0 Å². The lowest BCUT2D eigenvalue weighted by Gasteiger charge is -2.37. The first-order valence-electron chi connectivity index (χ1n) is 11.8. The summed E-state index contributed by atoms with van der Waals surface area (Å²) in [5.74, 6) is 0.301. The van der Waals surface area contributed by atoms with Crippen molar-refractivity contribution in [2.24, 2.45) is 5.92 Å². The maximum absolute atomic E-state index is 9.54. The standard InChI is InChI=1S/C9H18O3.2C5H10O3.4CH4O/c1-5(2)9-8(11)4-7(10)6(3)12-9;2*6-4-1-5(7)3-8-2-4;4*1-2/h5-11H,4H2,1-3H3;2*4-7H,1-3H2;4*2H,1H3. The van der Waals surface area contributed by atoms with Crippen molar-refractivity contribution in [1.29, 1.82) is 0 Å². The number of hydrogen-bond donors (Lipinski definition) is 10. The predicted molar refractivity (Wildman–Crippen MR) is 133 cm³/mol. The Morgan fingerprint density at radius 3 is 1.06 bits per heavy atom. The summed E-state index contributed by atoms with van der Waals surface area (Å²) >= 11 is 0. The summed E-state index contributed by atoms with van der Waals surface area (Å²) < 4.78 is 15.1. The molecule has 0 aromatic rings. The molecule has 3 rings (SSSR count). The van der Waals surface area contributed by atoms with E-state index < -0.39 is 36.6 Å². The maximum Gasteiger partial charge on any atom is 0.0862 e. The molecular formula is C23H54O13. The molecule has 0 aliphatic carbocycles. The highest BCUT2D eigenvalue weighted by molar-refractivity contribution is 4.84. The fourth-order valence-electron chi connectivity index (χ4n) is 3.18. The third-order valence-electron chi connectivity index (χ3n) is 4.76. The number of aliphatic hydroxyl groups excluding tert-OH is 10. The fraction of sp³-hybridized carbons (Fsp3) is 1.00. The number of ether oxygens (including phenoxy) is 3. The van der Waals surface area contributed by atoms with Crippen molar-refractivity contribution >= 4 is 0 Å². The zero-order chi connectivity index (χ0) is 29.3. The van der Waals surface area contributed by atoms with Crippen LogP contribution in [0.4, 0.5) is 0 Å².